The molecule has 0 bridgehead atoms. The van der Waals surface area contributed by atoms with Gasteiger partial charge in [-0.05, 0) is 19.9 Å². The van der Waals surface area contributed by atoms with E-state index in [2.05, 4.69) is 20.9 Å². The zero-order chi connectivity index (χ0) is 18.0. The van der Waals surface area contributed by atoms with Gasteiger partial charge < -0.3 is 19.9 Å². The Morgan fingerprint density at radius 2 is 2.20 bits per heavy atom. The van der Waals surface area contributed by atoms with E-state index < -0.39 is 0 Å². The Balaban J connectivity index is 1.58. The highest BCUT2D eigenvalue weighted by molar-refractivity contribution is 5.96. The summed E-state index contributed by atoms with van der Waals surface area (Å²) in [5, 5.41) is 13.8. The number of aryl methyl sites for hydroxylation is 2. The highest BCUT2D eigenvalue weighted by atomic mass is 16.5. The van der Waals surface area contributed by atoms with E-state index in [0.29, 0.717) is 48.8 Å². The predicted octanol–water partition coefficient (Wildman–Crippen LogP) is 0.219. The molecule has 0 spiro atoms. The third kappa shape index (κ3) is 3.55. The third-order valence-corrected chi connectivity index (χ3v) is 4.13. The number of nitrogens with zero attached hydrogens (tertiary/aromatic N) is 3. The Morgan fingerprint density at radius 3 is 2.84 bits per heavy atom. The maximum Gasteiger partial charge on any atom is 0.271 e. The molecule has 2 amide bonds. The number of rotatable bonds is 6. The van der Waals surface area contributed by atoms with E-state index in [1.807, 2.05) is 0 Å². The van der Waals surface area contributed by atoms with E-state index in [4.69, 9.17) is 9.26 Å². The zero-order valence-corrected chi connectivity index (χ0v) is 14.5. The monoisotopic (exact) mass is 347 g/mol. The van der Waals surface area contributed by atoms with Crippen LogP contribution in [0, 0.1) is 13.8 Å². The lowest BCUT2D eigenvalue weighted by Crippen LogP contribution is -2.36. The summed E-state index contributed by atoms with van der Waals surface area (Å²) in [6, 6.07) is 1.68. The maximum absolute atomic E-state index is 12.4. The molecule has 0 aromatic carbocycles. The number of ether oxygens (including phenoxy) is 1. The zero-order valence-electron chi connectivity index (χ0n) is 14.5. The van der Waals surface area contributed by atoms with Crippen molar-refractivity contribution in [3.8, 4) is 0 Å². The summed E-state index contributed by atoms with van der Waals surface area (Å²) in [6.45, 7) is 4.86. The Bertz CT molecular complexity index is 752. The predicted molar refractivity (Wildman–Crippen MR) is 87.4 cm³/mol. The van der Waals surface area contributed by atoms with Crippen LogP contribution in [-0.2, 0) is 17.7 Å². The number of fused-ring (bicyclic) bond motifs is 1. The fraction of sp³-hybridized carbons (Fsp3) is 0.500. The quantitative estimate of drug-likeness (QED) is 0.723. The van der Waals surface area contributed by atoms with Gasteiger partial charge >= 0.3 is 0 Å². The first kappa shape index (κ1) is 17.2. The molecular formula is C16H21N5O4. The molecule has 2 N–H and O–H groups in total. The molecule has 2 aromatic heterocycles. The van der Waals surface area contributed by atoms with Gasteiger partial charge in [0.2, 0.25) is 0 Å². The second-order valence-electron chi connectivity index (χ2n) is 6.03. The van der Waals surface area contributed by atoms with Crippen LogP contribution in [0.25, 0.3) is 0 Å². The largest absolute Gasteiger partial charge is 0.383 e. The van der Waals surface area contributed by atoms with Gasteiger partial charge in [0.15, 0.2) is 0 Å². The van der Waals surface area contributed by atoms with Crippen molar-refractivity contribution < 1.29 is 18.8 Å². The minimum Gasteiger partial charge on any atom is -0.383 e. The van der Waals surface area contributed by atoms with Crippen LogP contribution in [0.1, 0.15) is 38.0 Å². The van der Waals surface area contributed by atoms with Crippen LogP contribution in [0.4, 0.5) is 0 Å². The highest BCUT2D eigenvalue weighted by Crippen LogP contribution is 2.18. The second-order valence-corrected chi connectivity index (χ2v) is 6.03. The van der Waals surface area contributed by atoms with Gasteiger partial charge in [0.1, 0.15) is 17.0 Å². The van der Waals surface area contributed by atoms with Crippen molar-refractivity contribution in [2.24, 2.45) is 0 Å². The molecule has 3 heterocycles. The molecule has 0 aliphatic carbocycles. The van der Waals surface area contributed by atoms with Crippen LogP contribution in [0.15, 0.2) is 10.6 Å². The van der Waals surface area contributed by atoms with Crippen molar-refractivity contribution >= 4 is 11.8 Å². The van der Waals surface area contributed by atoms with Crippen molar-refractivity contribution in [2.45, 2.75) is 32.9 Å². The van der Waals surface area contributed by atoms with Gasteiger partial charge in [-0.2, -0.15) is 5.10 Å². The summed E-state index contributed by atoms with van der Waals surface area (Å²) >= 11 is 0. The molecule has 1 aliphatic heterocycles. The first-order valence-corrected chi connectivity index (χ1v) is 8.07. The van der Waals surface area contributed by atoms with Crippen LogP contribution in [0.5, 0.6) is 0 Å². The van der Waals surface area contributed by atoms with Crippen LogP contribution >= 0.6 is 0 Å². The average Bonchev–Trinajstić information content (AvgIpc) is 3.20. The van der Waals surface area contributed by atoms with Gasteiger partial charge in [-0.25, -0.2) is 0 Å². The summed E-state index contributed by atoms with van der Waals surface area (Å²) in [5.74, 6) is 0.0699. The molecule has 3 rings (SSSR count). The SMILES string of the molecule is COCCNC(=O)c1cc2n(n1)C[C@@H](NC(=O)c1c(C)noc1C)C2. The molecule has 9 nitrogen and oxygen atoms in total. The number of nitrogens with one attached hydrogen (secondary N) is 2. The Hall–Kier alpha value is -2.68. The number of methoxy groups -OCH3 is 1. The standard InChI is InChI=1S/C16H21N5O4/c1-9-14(10(2)25-20-9)16(23)18-11-6-12-7-13(19-21(12)8-11)15(22)17-4-5-24-3/h7,11H,4-6,8H2,1-3H3,(H,17,22)(H,18,23)/t11-/m0/s1. The van der Waals surface area contributed by atoms with Gasteiger partial charge in [-0.3, -0.25) is 14.3 Å². The molecule has 25 heavy (non-hydrogen) atoms. The highest BCUT2D eigenvalue weighted by Gasteiger charge is 2.28. The molecule has 134 valence electrons. The fourth-order valence-corrected chi connectivity index (χ4v) is 2.93. The van der Waals surface area contributed by atoms with Crippen molar-refractivity contribution in [1.29, 1.82) is 0 Å². The van der Waals surface area contributed by atoms with E-state index in [1.165, 1.54) is 0 Å². The minimum atomic E-state index is -0.227. The molecule has 0 radical (unpaired) electrons. The molecule has 0 saturated carbocycles. The van der Waals surface area contributed by atoms with E-state index in [0.717, 1.165) is 5.69 Å². The lowest BCUT2D eigenvalue weighted by atomic mass is 10.1. The van der Waals surface area contributed by atoms with Gasteiger partial charge in [0, 0.05) is 25.8 Å². The molecule has 1 aliphatic rings. The number of aromatic nitrogens is 3. The van der Waals surface area contributed by atoms with Crippen LogP contribution < -0.4 is 10.6 Å². The van der Waals surface area contributed by atoms with Gasteiger partial charge in [-0.1, -0.05) is 5.16 Å². The number of amides is 2. The summed E-state index contributed by atoms with van der Waals surface area (Å²) in [6.07, 6.45) is 0.619. The van der Waals surface area contributed by atoms with Crippen molar-refractivity contribution in [3.63, 3.8) is 0 Å². The molecule has 0 saturated heterocycles. The molecule has 0 unspecified atom stereocenters. The first-order valence-electron chi connectivity index (χ1n) is 8.07. The summed E-state index contributed by atoms with van der Waals surface area (Å²) in [7, 11) is 1.58. The van der Waals surface area contributed by atoms with Gasteiger partial charge in [-0.15, -0.1) is 0 Å². The smallest absolute Gasteiger partial charge is 0.271 e. The Kier molecular flexibility index (Phi) is 4.84. The first-order chi connectivity index (χ1) is 12.0. The number of hydrogen-bond acceptors (Lipinski definition) is 6. The van der Waals surface area contributed by atoms with E-state index in [1.54, 1.807) is 31.7 Å². The summed E-state index contributed by atoms with van der Waals surface area (Å²) in [5.41, 5.74) is 2.34. The van der Waals surface area contributed by atoms with Crippen molar-refractivity contribution in [3.05, 3.63) is 34.5 Å². The number of hydrogen-bond donors (Lipinski definition) is 2. The fourth-order valence-electron chi connectivity index (χ4n) is 2.93. The van der Waals surface area contributed by atoms with Crippen molar-refractivity contribution in [2.75, 3.05) is 20.3 Å². The van der Waals surface area contributed by atoms with E-state index in [-0.39, 0.29) is 17.9 Å². The molecule has 2 aromatic rings. The maximum atomic E-state index is 12.4. The minimum absolute atomic E-state index is 0.0747. The third-order valence-electron chi connectivity index (χ3n) is 4.13. The van der Waals surface area contributed by atoms with Gasteiger partial charge in [0.05, 0.1) is 24.9 Å². The van der Waals surface area contributed by atoms with E-state index in [9.17, 15) is 9.59 Å². The molecule has 1 atom stereocenters. The Labute approximate surface area is 144 Å². The average molecular weight is 347 g/mol. The van der Waals surface area contributed by atoms with Crippen LogP contribution in [-0.4, -0.2) is 53.1 Å². The summed E-state index contributed by atoms with van der Waals surface area (Å²) < 4.78 is 11.7. The Morgan fingerprint density at radius 1 is 1.40 bits per heavy atom. The van der Waals surface area contributed by atoms with E-state index >= 15 is 0 Å². The van der Waals surface area contributed by atoms with Crippen molar-refractivity contribution in [1.82, 2.24) is 25.6 Å². The lowest BCUT2D eigenvalue weighted by Gasteiger charge is -2.11. The topological polar surface area (TPSA) is 111 Å². The molecular weight excluding hydrogens is 326 g/mol. The van der Waals surface area contributed by atoms with Gasteiger partial charge in [0.25, 0.3) is 11.8 Å². The normalized spacial score (nSPS) is 15.9. The lowest BCUT2D eigenvalue weighted by molar-refractivity contribution is 0.0920. The molecule has 9 heteroatoms. The number of carbonyl (C=O) groups is 2. The second kappa shape index (κ2) is 7.06. The number of carbonyl (C=O) groups excluding carboxylic acids is 2. The van der Waals surface area contributed by atoms with Crippen LogP contribution in [0.3, 0.4) is 0 Å². The summed E-state index contributed by atoms with van der Waals surface area (Å²) in [4.78, 5) is 24.4. The molecule has 0 fully saturated rings. The van der Waals surface area contributed by atoms with Crippen LogP contribution in [0.2, 0.25) is 0 Å².